The van der Waals surface area contributed by atoms with E-state index in [-0.39, 0.29) is 0 Å². The number of hydrogen-bond acceptors (Lipinski definition) is 5. The van der Waals surface area contributed by atoms with E-state index in [4.69, 9.17) is 4.42 Å². The molecule has 2 heterocycles. The topological polar surface area (TPSA) is 44.5 Å². The van der Waals surface area contributed by atoms with Crippen molar-refractivity contribution in [3.63, 3.8) is 0 Å². The van der Waals surface area contributed by atoms with E-state index in [1.54, 1.807) is 6.26 Å². The van der Waals surface area contributed by atoms with Crippen molar-refractivity contribution >= 4 is 6.01 Å². The van der Waals surface area contributed by atoms with Crippen LogP contribution >= 0.6 is 0 Å². The number of oxazole rings is 1. The summed E-state index contributed by atoms with van der Waals surface area (Å²) in [6.07, 6.45) is 3.03. The van der Waals surface area contributed by atoms with Crippen LogP contribution < -0.4 is 10.2 Å². The van der Waals surface area contributed by atoms with E-state index < -0.39 is 0 Å². The van der Waals surface area contributed by atoms with Crippen LogP contribution in [0.25, 0.3) is 0 Å². The minimum absolute atomic E-state index is 0.656. The summed E-state index contributed by atoms with van der Waals surface area (Å²) in [7, 11) is 4.25. The zero-order chi connectivity index (χ0) is 14.5. The average molecular weight is 280 g/mol. The highest BCUT2D eigenvalue weighted by atomic mass is 16.4. The Kier molecular flexibility index (Phi) is 5.43. The molecule has 0 radical (unpaired) electrons. The summed E-state index contributed by atoms with van der Waals surface area (Å²) < 4.78 is 5.58. The molecule has 20 heavy (non-hydrogen) atoms. The monoisotopic (exact) mass is 280 g/mol. The molecule has 1 aliphatic rings. The summed E-state index contributed by atoms with van der Waals surface area (Å²) in [5.74, 6) is 1.38. The standard InChI is InChI=1S/C15H28N4O/c1-12(2)7-16-8-14-11-20-15(17-14)19(4)10-13-5-6-18(3)9-13/h11-13,16H,5-10H2,1-4H3. The summed E-state index contributed by atoms with van der Waals surface area (Å²) in [4.78, 5) is 9.07. The molecule has 0 amide bonds. The second kappa shape index (κ2) is 7.09. The maximum Gasteiger partial charge on any atom is 0.297 e. The van der Waals surface area contributed by atoms with Crippen molar-refractivity contribution in [3.05, 3.63) is 12.0 Å². The van der Waals surface area contributed by atoms with Gasteiger partial charge in [-0.05, 0) is 38.4 Å². The first-order chi connectivity index (χ1) is 9.54. The Bertz CT molecular complexity index is 404. The average Bonchev–Trinajstić information content (AvgIpc) is 2.98. The van der Waals surface area contributed by atoms with Gasteiger partial charge in [0.15, 0.2) is 0 Å². The van der Waals surface area contributed by atoms with Crippen LogP contribution in [-0.4, -0.2) is 50.2 Å². The van der Waals surface area contributed by atoms with Gasteiger partial charge in [-0.2, -0.15) is 4.98 Å². The molecule has 5 nitrogen and oxygen atoms in total. The van der Waals surface area contributed by atoms with E-state index in [9.17, 15) is 0 Å². The van der Waals surface area contributed by atoms with Gasteiger partial charge < -0.3 is 19.5 Å². The van der Waals surface area contributed by atoms with Crippen molar-refractivity contribution in [2.75, 3.05) is 45.2 Å². The van der Waals surface area contributed by atoms with Crippen molar-refractivity contribution in [1.82, 2.24) is 15.2 Å². The Morgan fingerprint density at radius 1 is 1.55 bits per heavy atom. The zero-order valence-corrected chi connectivity index (χ0v) is 13.2. The van der Waals surface area contributed by atoms with Crippen molar-refractivity contribution < 1.29 is 4.42 Å². The molecule has 0 aliphatic carbocycles. The van der Waals surface area contributed by atoms with Gasteiger partial charge in [0.2, 0.25) is 0 Å². The van der Waals surface area contributed by atoms with E-state index in [2.05, 4.69) is 48.0 Å². The van der Waals surface area contributed by atoms with Crippen LogP contribution in [0.5, 0.6) is 0 Å². The number of nitrogens with one attached hydrogen (secondary N) is 1. The SMILES string of the molecule is CC(C)CNCc1coc(N(C)CC2CCN(C)C2)n1. The molecule has 0 spiro atoms. The molecule has 0 bridgehead atoms. The van der Waals surface area contributed by atoms with E-state index in [0.29, 0.717) is 5.92 Å². The van der Waals surface area contributed by atoms with Crippen LogP contribution in [0.3, 0.4) is 0 Å². The third kappa shape index (κ3) is 4.49. The Balaban J connectivity index is 1.78. The molecule has 1 saturated heterocycles. The second-order valence-corrected chi connectivity index (χ2v) is 6.44. The highest BCUT2D eigenvalue weighted by Gasteiger charge is 2.22. The van der Waals surface area contributed by atoms with Crippen LogP contribution in [-0.2, 0) is 6.54 Å². The smallest absolute Gasteiger partial charge is 0.297 e. The Labute approximate surface area is 122 Å². The van der Waals surface area contributed by atoms with Gasteiger partial charge in [-0.15, -0.1) is 0 Å². The van der Waals surface area contributed by atoms with Gasteiger partial charge in [-0.3, -0.25) is 0 Å². The normalized spacial score (nSPS) is 19.9. The number of rotatable bonds is 7. The fraction of sp³-hybridized carbons (Fsp3) is 0.800. The third-order valence-electron chi connectivity index (χ3n) is 3.75. The van der Waals surface area contributed by atoms with Gasteiger partial charge in [-0.25, -0.2) is 0 Å². The fourth-order valence-electron chi connectivity index (χ4n) is 2.68. The molecule has 1 aromatic rings. The number of nitrogens with zero attached hydrogens (tertiary/aromatic N) is 3. The Morgan fingerprint density at radius 3 is 3.00 bits per heavy atom. The van der Waals surface area contributed by atoms with Gasteiger partial charge in [0.1, 0.15) is 6.26 Å². The van der Waals surface area contributed by atoms with Gasteiger partial charge >= 0.3 is 0 Å². The molecule has 1 unspecified atom stereocenters. The Hall–Kier alpha value is -1.07. The van der Waals surface area contributed by atoms with Crippen LogP contribution in [0.4, 0.5) is 6.01 Å². The predicted molar refractivity (Wildman–Crippen MR) is 81.9 cm³/mol. The number of hydrogen-bond donors (Lipinski definition) is 1. The first kappa shape index (κ1) is 15.3. The van der Waals surface area contributed by atoms with Crippen molar-refractivity contribution in [1.29, 1.82) is 0 Å². The van der Waals surface area contributed by atoms with Crippen molar-refractivity contribution in [2.24, 2.45) is 11.8 Å². The predicted octanol–water partition coefficient (Wildman–Crippen LogP) is 1.81. The van der Waals surface area contributed by atoms with Gasteiger partial charge in [-0.1, -0.05) is 13.8 Å². The van der Waals surface area contributed by atoms with Crippen molar-refractivity contribution in [3.8, 4) is 0 Å². The van der Waals surface area contributed by atoms with Gasteiger partial charge in [0.25, 0.3) is 6.01 Å². The number of aromatic nitrogens is 1. The molecular formula is C15H28N4O. The minimum Gasteiger partial charge on any atom is -0.432 e. The molecule has 114 valence electrons. The molecule has 5 heteroatoms. The maximum absolute atomic E-state index is 5.58. The van der Waals surface area contributed by atoms with Gasteiger partial charge in [0, 0.05) is 26.7 Å². The lowest BCUT2D eigenvalue weighted by molar-refractivity contribution is 0.393. The summed E-state index contributed by atoms with van der Waals surface area (Å²) in [6.45, 7) is 9.58. The van der Waals surface area contributed by atoms with E-state index >= 15 is 0 Å². The summed E-state index contributed by atoms with van der Waals surface area (Å²) >= 11 is 0. The highest BCUT2D eigenvalue weighted by Crippen LogP contribution is 2.19. The van der Waals surface area contributed by atoms with Crippen LogP contribution in [0.15, 0.2) is 10.7 Å². The summed E-state index contributed by atoms with van der Waals surface area (Å²) in [5, 5.41) is 3.38. The highest BCUT2D eigenvalue weighted by molar-refractivity contribution is 5.25. The molecular weight excluding hydrogens is 252 g/mol. The van der Waals surface area contributed by atoms with Gasteiger partial charge in [0.05, 0.1) is 5.69 Å². The molecule has 0 aromatic carbocycles. The summed E-state index contributed by atoms with van der Waals surface area (Å²) in [5.41, 5.74) is 0.982. The largest absolute Gasteiger partial charge is 0.432 e. The van der Waals surface area contributed by atoms with Crippen LogP contribution in [0.1, 0.15) is 26.0 Å². The fourth-order valence-corrected chi connectivity index (χ4v) is 2.68. The van der Waals surface area contributed by atoms with Crippen molar-refractivity contribution in [2.45, 2.75) is 26.8 Å². The quantitative estimate of drug-likeness (QED) is 0.825. The molecule has 1 fully saturated rings. The maximum atomic E-state index is 5.58. The van der Waals surface area contributed by atoms with Crippen LogP contribution in [0.2, 0.25) is 0 Å². The Morgan fingerprint density at radius 2 is 2.35 bits per heavy atom. The molecule has 1 aliphatic heterocycles. The lowest BCUT2D eigenvalue weighted by Gasteiger charge is -2.19. The number of likely N-dealkylation sites (tertiary alicyclic amines) is 1. The molecule has 1 aromatic heterocycles. The first-order valence-corrected chi connectivity index (χ1v) is 7.59. The van der Waals surface area contributed by atoms with Crippen LogP contribution in [0, 0.1) is 11.8 Å². The van der Waals surface area contributed by atoms with E-state index in [0.717, 1.165) is 37.3 Å². The number of anilines is 1. The lowest BCUT2D eigenvalue weighted by Crippen LogP contribution is -2.27. The van der Waals surface area contributed by atoms with E-state index in [1.165, 1.54) is 19.5 Å². The first-order valence-electron chi connectivity index (χ1n) is 7.59. The molecule has 1 atom stereocenters. The second-order valence-electron chi connectivity index (χ2n) is 6.44. The van der Waals surface area contributed by atoms with E-state index in [1.807, 2.05) is 0 Å². The lowest BCUT2D eigenvalue weighted by atomic mass is 10.1. The molecule has 2 rings (SSSR count). The molecule has 1 N–H and O–H groups in total. The zero-order valence-electron chi connectivity index (χ0n) is 13.2. The molecule has 0 saturated carbocycles. The summed E-state index contributed by atoms with van der Waals surface area (Å²) in [6, 6.07) is 0.737. The minimum atomic E-state index is 0.656. The third-order valence-corrected chi connectivity index (χ3v) is 3.75.